The van der Waals surface area contributed by atoms with Crippen molar-refractivity contribution in [2.45, 2.75) is 0 Å². The second-order valence-corrected chi connectivity index (χ2v) is 4.65. The fourth-order valence-electron chi connectivity index (χ4n) is 1.24. The van der Waals surface area contributed by atoms with Crippen LogP contribution in [0.1, 0.15) is 0 Å². The lowest BCUT2D eigenvalue weighted by atomic mass is 10.3. The van der Waals surface area contributed by atoms with Gasteiger partial charge in [-0.2, -0.15) is 0 Å². The summed E-state index contributed by atoms with van der Waals surface area (Å²) in [5.41, 5.74) is 0.976. The molecule has 0 unspecified atom stereocenters. The molecule has 68 valence electrons. The number of anilines is 1. The molecule has 0 aliphatic carbocycles. The van der Waals surface area contributed by atoms with Gasteiger partial charge in [0.25, 0.3) is 0 Å². The maximum Gasteiger partial charge on any atom is 0.237 e. The molecule has 2 nitrogen and oxygen atoms in total. The van der Waals surface area contributed by atoms with Crippen molar-refractivity contribution in [1.29, 1.82) is 0 Å². The van der Waals surface area contributed by atoms with E-state index < -0.39 is 0 Å². The highest BCUT2D eigenvalue weighted by Gasteiger charge is 2.21. The van der Waals surface area contributed by atoms with Crippen molar-refractivity contribution >= 4 is 39.3 Å². The van der Waals surface area contributed by atoms with Crippen LogP contribution < -0.4 is 4.90 Å². The van der Waals surface area contributed by atoms with Gasteiger partial charge in [-0.1, -0.05) is 22.0 Å². The Morgan fingerprint density at radius 3 is 2.92 bits per heavy atom. The molecule has 0 bridgehead atoms. The molecule has 1 aliphatic heterocycles. The fourth-order valence-corrected chi connectivity index (χ4v) is 2.52. The fraction of sp³-hybridized carbons (Fsp3) is 0.222. The molecular formula is C9H8BrNOS. The van der Waals surface area contributed by atoms with Gasteiger partial charge in [-0.3, -0.25) is 4.79 Å². The van der Waals surface area contributed by atoms with E-state index in [0.29, 0.717) is 5.75 Å². The smallest absolute Gasteiger partial charge is 0.237 e. The van der Waals surface area contributed by atoms with Gasteiger partial charge in [-0.05, 0) is 18.2 Å². The summed E-state index contributed by atoms with van der Waals surface area (Å²) >= 11 is 5.04. The van der Waals surface area contributed by atoms with Crippen molar-refractivity contribution in [3.8, 4) is 0 Å². The van der Waals surface area contributed by atoms with Crippen molar-refractivity contribution in [2.75, 3.05) is 16.5 Å². The lowest BCUT2D eigenvalue weighted by Gasteiger charge is -2.14. The Labute approximate surface area is 89.4 Å². The molecule has 0 N–H and O–H groups in total. The molecule has 4 heteroatoms. The Kier molecular flexibility index (Phi) is 2.60. The summed E-state index contributed by atoms with van der Waals surface area (Å²) < 4.78 is 1.01. The van der Waals surface area contributed by atoms with E-state index in [4.69, 9.17) is 0 Å². The quantitative estimate of drug-likeness (QED) is 0.771. The van der Waals surface area contributed by atoms with E-state index in [-0.39, 0.29) is 5.91 Å². The summed E-state index contributed by atoms with van der Waals surface area (Å²) in [4.78, 5) is 13.2. The molecule has 1 amide bonds. The van der Waals surface area contributed by atoms with Crippen LogP contribution in [0.3, 0.4) is 0 Å². The molecule has 0 atom stereocenters. The number of benzene rings is 1. The molecule has 13 heavy (non-hydrogen) atoms. The van der Waals surface area contributed by atoms with Crippen molar-refractivity contribution < 1.29 is 4.79 Å². The zero-order chi connectivity index (χ0) is 9.26. The molecule has 1 fully saturated rings. The third kappa shape index (κ3) is 1.89. The molecule has 1 aromatic carbocycles. The van der Waals surface area contributed by atoms with Crippen LogP contribution in [0.4, 0.5) is 5.69 Å². The largest absolute Gasteiger partial charge is 0.302 e. The van der Waals surface area contributed by atoms with E-state index in [1.807, 2.05) is 24.3 Å². The first kappa shape index (κ1) is 9.09. The van der Waals surface area contributed by atoms with Gasteiger partial charge in [-0.15, -0.1) is 11.8 Å². The molecule has 1 aromatic rings. The molecule has 0 radical (unpaired) electrons. The van der Waals surface area contributed by atoms with Gasteiger partial charge in [0.1, 0.15) is 0 Å². The minimum absolute atomic E-state index is 0.197. The average molecular weight is 258 g/mol. The first-order valence-electron chi connectivity index (χ1n) is 3.91. The maximum absolute atomic E-state index is 11.4. The summed E-state index contributed by atoms with van der Waals surface area (Å²) in [6.45, 7) is 0. The molecule has 0 saturated carbocycles. The van der Waals surface area contributed by atoms with Crippen LogP contribution in [-0.4, -0.2) is 17.5 Å². The van der Waals surface area contributed by atoms with Gasteiger partial charge in [0.05, 0.1) is 11.6 Å². The second kappa shape index (κ2) is 3.72. The minimum atomic E-state index is 0.197. The first-order valence-corrected chi connectivity index (χ1v) is 5.86. The van der Waals surface area contributed by atoms with E-state index in [0.717, 1.165) is 16.0 Å². The molecule has 1 heterocycles. The summed E-state index contributed by atoms with van der Waals surface area (Å²) in [6, 6.07) is 7.81. The number of hydrogen-bond donors (Lipinski definition) is 0. The highest BCUT2D eigenvalue weighted by Crippen LogP contribution is 2.25. The standard InChI is InChI=1S/C9H8BrNOS/c10-7-2-1-3-8(4-7)11-6-13-5-9(11)12/h1-4H,5-6H2. The van der Waals surface area contributed by atoms with Crippen LogP contribution in [0.5, 0.6) is 0 Å². The lowest BCUT2D eigenvalue weighted by molar-refractivity contribution is -0.115. The van der Waals surface area contributed by atoms with Crippen LogP contribution in [-0.2, 0) is 4.79 Å². The highest BCUT2D eigenvalue weighted by atomic mass is 79.9. The number of carbonyl (C=O) groups is 1. The second-order valence-electron chi connectivity index (χ2n) is 2.78. The van der Waals surface area contributed by atoms with E-state index in [1.165, 1.54) is 0 Å². The summed E-state index contributed by atoms with van der Waals surface area (Å²) in [7, 11) is 0. The Morgan fingerprint density at radius 2 is 2.31 bits per heavy atom. The van der Waals surface area contributed by atoms with Crippen molar-refractivity contribution in [2.24, 2.45) is 0 Å². The van der Waals surface area contributed by atoms with Gasteiger partial charge >= 0.3 is 0 Å². The van der Waals surface area contributed by atoms with E-state index in [9.17, 15) is 4.79 Å². The van der Waals surface area contributed by atoms with Crippen LogP contribution >= 0.6 is 27.7 Å². The molecular weight excluding hydrogens is 250 g/mol. The maximum atomic E-state index is 11.4. The number of halogens is 1. The number of nitrogens with zero attached hydrogens (tertiary/aromatic N) is 1. The predicted octanol–water partition coefficient (Wildman–Crippen LogP) is 2.49. The van der Waals surface area contributed by atoms with E-state index in [2.05, 4.69) is 15.9 Å². The molecule has 1 aliphatic rings. The first-order chi connectivity index (χ1) is 6.27. The number of rotatable bonds is 1. The lowest BCUT2D eigenvalue weighted by Crippen LogP contribution is -2.24. The summed E-state index contributed by atoms with van der Waals surface area (Å²) in [5, 5.41) is 0. The van der Waals surface area contributed by atoms with E-state index >= 15 is 0 Å². The molecule has 0 spiro atoms. The third-order valence-electron chi connectivity index (χ3n) is 1.87. The van der Waals surface area contributed by atoms with Gasteiger partial charge in [0.2, 0.25) is 5.91 Å². The van der Waals surface area contributed by atoms with Crippen LogP contribution in [0.25, 0.3) is 0 Å². The number of carbonyl (C=O) groups excluding carboxylic acids is 1. The average Bonchev–Trinajstić information content (AvgIpc) is 2.51. The predicted molar refractivity (Wildman–Crippen MR) is 59.0 cm³/mol. The van der Waals surface area contributed by atoms with Gasteiger partial charge in [0, 0.05) is 10.2 Å². The molecule has 2 rings (SSSR count). The summed E-state index contributed by atoms with van der Waals surface area (Å²) in [6.07, 6.45) is 0. The Bertz CT molecular complexity index is 342. The highest BCUT2D eigenvalue weighted by molar-refractivity contribution is 9.10. The normalized spacial score (nSPS) is 16.7. The van der Waals surface area contributed by atoms with Crippen molar-refractivity contribution in [1.82, 2.24) is 0 Å². The van der Waals surface area contributed by atoms with E-state index in [1.54, 1.807) is 16.7 Å². The minimum Gasteiger partial charge on any atom is -0.302 e. The third-order valence-corrected chi connectivity index (χ3v) is 3.25. The van der Waals surface area contributed by atoms with Crippen LogP contribution in [0.2, 0.25) is 0 Å². The summed E-state index contributed by atoms with van der Waals surface area (Å²) in [5.74, 6) is 1.57. The zero-order valence-corrected chi connectivity index (χ0v) is 9.27. The Balaban J connectivity index is 2.29. The monoisotopic (exact) mass is 257 g/mol. The SMILES string of the molecule is O=C1CSCN1c1cccc(Br)c1. The number of hydrogen-bond acceptors (Lipinski definition) is 2. The van der Waals surface area contributed by atoms with Gasteiger partial charge < -0.3 is 4.90 Å². The van der Waals surface area contributed by atoms with Crippen LogP contribution in [0, 0.1) is 0 Å². The van der Waals surface area contributed by atoms with Gasteiger partial charge in [-0.25, -0.2) is 0 Å². The molecule has 1 saturated heterocycles. The van der Waals surface area contributed by atoms with Crippen LogP contribution in [0.15, 0.2) is 28.7 Å². The Morgan fingerprint density at radius 1 is 1.46 bits per heavy atom. The van der Waals surface area contributed by atoms with Crippen molar-refractivity contribution in [3.63, 3.8) is 0 Å². The van der Waals surface area contributed by atoms with Gasteiger partial charge in [0.15, 0.2) is 0 Å². The van der Waals surface area contributed by atoms with Crippen molar-refractivity contribution in [3.05, 3.63) is 28.7 Å². The number of thioether (sulfide) groups is 1. The zero-order valence-electron chi connectivity index (χ0n) is 6.87. The topological polar surface area (TPSA) is 20.3 Å². The number of amides is 1. The molecule has 0 aromatic heterocycles. The Hall–Kier alpha value is -0.480.